The van der Waals surface area contributed by atoms with E-state index in [1.54, 1.807) is 24.3 Å². The van der Waals surface area contributed by atoms with E-state index in [2.05, 4.69) is 0 Å². The first-order valence-electron chi connectivity index (χ1n) is 5.60. The standard InChI is InChI=1S/C15H12Cl2O/c1-10-5-6-12(9-14(10)17)15(18)8-11-3-2-4-13(16)7-11/h2-7,9H,8H2,1H3. The van der Waals surface area contributed by atoms with Gasteiger partial charge in [-0.15, -0.1) is 0 Å². The van der Waals surface area contributed by atoms with Crippen LogP contribution >= 0.6 is 23.2 Å². The van der Waals surface area contributed by atoms with E-state index >= 15 is 0 Å². The molecule has 0 fully saturated rings. The normalized spacial score (nSPS) is 10.4. The van der Waals surface area contributed by atoms with E-state index in [0.29, 0.717) is 22.0 Å². The zero-order valence-electron chi connectivity index (χ0n) is 9.91. The maximum atomic E-state index is 12.1. The van der Waals surface area contributed by atoms with Crippen LogP contribution in [-0.4, -0.2) is 5.78 Å². The molecule has 0 amide bonds. The molecule has 3 heteroatoms. The van der Waals surface area contributed by atoms with Gasteiger partial charge in [-0.3, -0.25) is 4.79 Å². The Morgan fingerprint density at radius 3 is 2.56 bits per heavy atom. The average molecular weight is 279 g/mol. The van der Waals surface area contributed by atoms with Gasteiger partial charge in [-0.05, 0) is 36.2 Å². The first-order chi connectivity index (χ1) is 8.56. The molecule has 0 aliphatic heterocycles. The van der Waals surface area contributed by atoms with Crippen LogP contribution in [0.5, 0.6) is 0 Å². The third kappa shape index (κ3) is 3.12. The second-order valence-electron chi connectivity index (χ2n) is 4.19. The number of hydrogen-bond donors (Lipinski definition) is 0. The van der Waals surface area contributed by atoms with Crippen molar-refractivity contribution < 1.29 is 4.79 Å². The molecule has 0 saturated carbocycles. The van der Waals surface area contributed by atoms with Gasteiger partial charge in [0.15, 0.2) is 5.78 Å². The monoisotopic (exact) mass is 278 g/mol. The van der Waals surface area contributed by atoms with Crippen LogP contribution in [0.1, 0.15) is 21.5 Å². The van der Waals surface area contributed by atoms with Gasteiger partial charge in [0.25, 0.3) is 0 Å². The van der Waals surface area contributed by atoms with Gasteiger partial charge in [0, 0.05) is 22.0 Å². The van der Waals surface area contributed by atoms with Gasteiger partial charge in [-0.25, -0.2) is 0 Å². The van der Waals surface area contributed by atoms with E-state index in [0.717, 1.165) is 11.1 Å². The molecule has 0 bridgehead atoms. The van der Waals surface area contributed by atoms with Gasteiger partial charge in [0.2, 0.25) is 0 Å². The molecule has 2 aromatic rings. The lowest BCUT2D eigenvalue weighted by atomic mass is 10.0. The van der Waals surface area contributed by atoms with Gasteiger partial charge >= 0.3 is 0 Å². The Balaban J connectivity index is 2.19. The summed E-state index contributed by atoms with van der Waals surface area (Å²) in [6.45, 7) is 1.91. The summed E-state index contributed by atoms with van der Waals surface area (Å²) >= 11 is 11.9. The second-order valence-corrected chi connectivity index (χ2v) is 5.04. The molecule has 0 radical (unpaired) electrons. The van der Waals surface area contributed by atoms with Crippen LogP contribution in [0, 0.1) is 6.92 Å². The summed E-state index contributed by atoms with van der Waals surface area (Å²) in [6, 6.07) is 12.7. The summed E-state index contributed by atoms with van der Waals surface area (Å²) in [5, 5.41) is 1.26. The fourth-order valence-electron chi connectivity index (χ4n) is 1.70. The SMILES string of the molecule is Cc1ccc(C(=O)Cc2cccc(Cl)c2)cc1Cl. The fraction of sp³-hybridized carbons (Fsp3) is 0.133. The molecule has 0 spiro atoms. The molecule has 0 saturated heterocycles. The summed E-state index contributed by atoms with van der Waals surface area (Å²) in [7, 11) is 0. The van der Waals surface area contributed by atoms with Crippen LogP contribution < -0.4 is 0 Å². The minimum Gasteiger partial charge on any atom is -0.294 e. The number of carbonyl (C=O) groups excluding carboxylic acids is 1. The number of halogens is 2. The first-order valence-corrected chi connectivity index (χ1v) is 6.35. The molecule has 0 N–H and O–H groups in total. The van der Waals surface area contributed by atoms with Gasteiger partial charge < -0.3 is 0 Å². The zero-order valence-corrected chi connectivity index (χ0v) is 11.4. The van der Waals surface area contributed by atoms with Crippen LogP contribution in [0.15, 0.2) is 42.5 Å². The highest BCUT2D eigenvalue weighted by Crippen LogP contribution is 2.19. The molecule has 0 unspecified atom stereocenters. The van der Waals surface area contributed by atoms with E-state index in [-0.39, 0.29) is 5.78 Å². The third-order valence-corrected chi connectivity index (χ3v) is 3.39. The van der Waals surface area contributed by atoms with E-state index in [1.807, 2.05) is 25.1 Å². The fourth-order valence-corrected chi connectivity index (χ4v) is 2.09. The maximum absolute atomic E-state index is 12.1. The lowest BCUT2D eigenvalue weighted by molar-refractivity contribution is 0.0993. The molecule has 0 aliphatic rings. The number of hydrogen-bond acceptors (Lipinski definition) is 1. The van der Waals surface area contributed by atoms with Crippen LogP contribution in [0.4, 0.5) is 0 Å². The van der Waals surface area contributed by atoms with Crippen LogP contribution in [-0.2, 0) is 6.42 Å². The molecular formula is C15H12Cl2O. The van der Waals surface area contributed by atoms with Crippen molar-refractivity contribution in [2.75, 3.05) is 0 Å². The van der Waals surface area contributed by atoms with Crippen LogP contribution in [0.3, 0.4) is 0 Å². The highest BCUT2D eigenvalue weighted by Gasteiger charge is 2.08. The maximum Gasteiger partial charge on any atom is 0.167 e. The topological polar surface area (TPSA) is 17.1 Å². The Bertz CT molecular complexity index is 591. The Labute approximate surface area is 116 Å². The zero-order chi connectivity index (χ0) is 13.1. The summed E-state index contributed by atoms with van der Waals surface area (Å²) in [4.78, 5) is 12.1. The Hall–Kier alpha value is -1.31. The third-order valence-electron chi connectivity index (χ3n) is 2.75. The molecule has 2 aromatic carbocycles. The van der Waals surface area contributed by atoms with Crippen molar-refractivity contribution in [1.29, 1.82) is 0 Å². The molecule has 0 aromatic heterocycles. The van der Waals surface area contributed by atoms with Crippen molar-refractivity contribution in [2.24, 2.45) is 0 Å². The van der Waals surface area contributed by atoms with Crippen molar-refractivity contribution in [3.8, 4) is 0 Å². The smallest absolute Gasteiger partial charge is 0.167 e. The highest BCUT2D eigenvalue weighted by atomic mass is 35.5. The number of aryl methyl sites for hydroxylation is 1. The van der Waals surface area contributed by atoms with E-state index < -0.39 is 0 Å². The van der Waals surface area contributed by atoms with Gasteiger partial charge in [-0.1, -0.05) is 47.5 Å². The summed E-state index contributed by atoms with van der Waals surface area (Å²) in [5.74, 6) is 0.0409. The average Bonchev–Trinajstić information content (AvgIpc) is 2.32. The van der Waals surface area contributed by atoms with Crippen molar-refractivity contribution in [1.82, 2.24) is 0 Å². The predicted molar refractivity (Wildman–Crippen MR) is 75.7 cm³/mol. The second kappa shape index (κ2) is 5.55. The Morgan fingerprint density at radius 2 is 1.89 bits per heavy atom. The molecule has 2 rings (SSSR count). The lowest BCUT2D eigenvalue weighted by Gasteiger charge is -2.04. The molecule has 18 heavy (non-hydrogen) atoms. The van der Waals surface area contributed by atoms with E-state index in [9.17, 15) is 4.79 Å². The molecule has 0 aliphatic carbocycles. The quantitative estimate of drug-likeness (QED) is 0.742. The number of Topliss-reactive ketones (excluding diaryl/α,β-unsaturated/α-hetero) is 1. The molecule has 0 heterocycles. The minimum absolute atomic E-state index is 0.0409. The molecule has 92 valence electrons. The van der Waals surface area contributed by atoms with Crippen molar-refractivity contribution >= 4 is 29.0 Å². The summed E-state index contributed by atoms with van der Waals surface area (Å²) in [5.41, 5.74) is 2.51. The largest absolute Gasteiger partial charge is 0.294 e. The minimum atomic E-state index is 0.0409. The highest BCUT2D eigenvalue weighted by molar-refractivity contribution is 6.31. The predicted octanol–water partition coefficient (Wildman–Crippen LogP) is 4.73. The molecule has 0 atom stereocenters. The Morgan fingerprint density at radius 1 is 1.11 bits per heavy atom. The van der Waals surface area contributed by atoms with Crippen LogP contribution in [0.2, 0.25) is 10.0 Å². The number of rotatable bonds is 3. The van der Waals surface area contributed by atoms with Crippen molar-refractivity contribution in [2.45, 2.75) is 13.3 Å². The van der Waals surface area contributed by atoms with Crippen molar-refractivity contribution in [3.63, 3.8) is 0 Å². The van der Waals surface area contributed by atoms with Crippen LogP contribution in [0.25, 0.3) is 0 Å². The van der Waals surface area contributed by atoms with E-state index in [1.165, 1.54) is 0 Å². The number of carbonyl (C=O) groups is 1. The van der Waals surface area contributed by atoms with Crippen molar-refractivity contribution in [3.05, 3.63) is 69.2 Å². The molecular weight excluding hydrogens is 267 g/mol. The van der Waals surface area contributed by atoms with Gasteiger partial charge in [0.1, 0.15) is 0 Å². The number of benzene rings is 2. The summed E-state index contributed by atoms with van der Waals surface area (Å²) in [6.07, 6.45) is 0.333. The van der Waals surface area contributed by atoms with E-state index in [4.69, 9.17) is 23.2 Å². The van der Waals surface area contributed by atoms with Gasteiger partial charge in [-0.2, -0.15) is 0 Å². The first kappa shape index (κ1) is 13.1. The lowest BCUT2D eigenvalue weighted by Crippen LogP contribution is -2.03. The van der Waals surface area contributed by atoms with Gasteiger partial charge in [0.05, 0.1) is 0 Å². The number of ketones is 1. The summed E-state index contributed by atoms with van der Waals surface area (Å²) < 4.78 is 0. The molecule has 1 nitrogen and oxygen atoms in total. The Kier molecular flexibility index (Phi) is 4.05.